The van der Waals surface area contributed by atoms with Gasteiger partial charge in [0.15, 0.2) is 0 Å². The zero-order chi connectivity index (χ0) is 15.1. The van der Waals surface area contributed by atoms with Crippen LogP contribution in [0.2, 0.25) is 5.02 Å². The second-order valence-electron chi connectivity index (χ2n) is 4.91. The number of aliphatic hydroxyl groups is 2. The summed E-state index contributed by atoms with van der Waals surface area (Å²) in [5, 5.41) is 19.6. The molecule has 1 aliphatic heterocycles. The summed E-state index contributed by atoms with van der Waals surface area (Å²) in [4.78, 5) is 26.1. The lowest BCUT2D eigenvalue weighted by molar-refractivity contribution is -0.0443. The van der Waals surface area contributed by atoms with E-state index >= 15 is 0 Å². The van der Waals surface area contributed by atoms with E-state index in [4.69, 9.17) is 21.4 Å². The molecule has 3 rings (SSSR count). The number of nitrogens with one attached hydrogen (secondary N) is 1. The molecule has 0 unspecified atom stereocenters. The number of aliphatic hydroxyl groups excluding tert-OH is 2. The summed E-state index contributed by atoms with van der Waals surface area (Å²) in [6.45, 7) is -0.353. The molecule has 0 amide bonds. The molecular formula is C13H13ClN2O5. The molecular weight excluding hydrogens is 300 g/mol. The first-order valence-corrected chi connectivity index (χ1v) is 6.77. The number of fused-ring (bicyclic) bond motifs is 1. The molecule has 2 aromatic rings. The van der Waals surface area contributed by atoms with Gasteiger partial charge in [-0.2, -0.15) is 0 Å². The smallest absolute Gasteiger partial charge is 0.330 e. The highest BCUT2D eigenvalue weighted by molar-refractivity contribution is 6.31. The van der Waals surface area contributed by atoms with E-state index in [-0.39, 0.29) is 13.0 Å². The van der Waals surface area contributed by atoms with Gasteiger partial charge in [-0.3, -0.25) is 14.3 Å². The van der Waals surface area contributed by atoms with Gasteiger partial charge in [-0.25, -0.2) is 4.79 Å². The highest BCUT2D eigenvalue weighted by Gasteiger charge is 2.35. The number of halogens is 1. The number of rotatable bonds is 2. The summed E-state index contributed by atoms with van der Waals surface area (Å²) in [6, 6.07) is 4.56. The standard InChI is InChI=1S/C13H13ClN2O5/c14-6-1-2-7-8(3-6)16(13(20)15-12(7)19)11-4-9(18)10(5-17)21-11/h1-3,9-11,17-18H,4-5H2,(H,15,19,20)/t9-,10+,11-/m0/s1. The van der Waals surface area contributed by atoms with Crippen LogP contribution in [0.4, 0.5) is 0 Å². The van der Waals surface area contributed by atoms with Crippen LogP contribution in [-0.2, 0) is 4.74 Å². The molecule has 1 aromatic carbocycles. The van der Waals surface area contributed by atoms with E-state index < -0.39 is 29.7 Å². The molecule has 112 valence electrons. The van der Waals surface area contributed by atoms with E-state index in [1.165, 1.54) is 16.7 Å². The second kappa shape index (κ2) is 5.27. The van der Waals surface area contributed by atoms with Gasteiger partial charge >= 0.3 is 5.69 Å². The normalized spacial score (nSPS) is 25.6. The number of H-pyrrole nitrogens is 1. The van der Waals surface area contributed by atoms with E-state index in [9.17, 15) is 14.7 Å². The Morgan fingerprint density at radius 1 is 1.43 bits per heavy atom. The van der Waals surface area contributed by atoms with Crippen LogP contribution in [0, 0.1) is 0 Å². The number of benzene rings is 1. The van der Waals surface area contributed by atoms with E-state index in [0.717, 1.165) is 0 Å². The zero-order valence-electron chi connectivity index (χ0n) is 10.8. The van der Waals surface area contributed by atoms with Crippen LogP contribution < -0.4 is 11.2 Å². The van der Waals surface area contributed by atoms with Crippen molar-refractivity contribution in [3.63, 3.8) is 0 Å². The van der Waals surface area contributed by atoms with Crippen LogP contribution in [-0.4, -0.2) is 38.6 Å². The molecule has 0 aliphatic carbocycles. The first kappa shape index (κ1) is 14.3. The van der Waals surface area contributed by atoms with Crippen molar-refractivity contribution < 1.29 is 14.9 Å². The average molecular weight is 313 g/mol. The zero-order valence-corrected chi connectivity index (χ0v) is 11.6. The summed E-state index contributed by atoms with van der Waals surface area (Å²) in [5.74, 6) is 0. The fourth-order valence-corrected chi connectivity index (χ4v) is 2.72. The van der Waals surface area contributed by atoms with Crippen LogP contribution in [0.5, 0.6) is 0 Å². The van der Waals surface area contributed by atoms with E-state index in [0.29, 0.717) is 15.9 Å². The van der Waals surface area contributed by atoms with Gasteiger partial charge < -0.3 is 14.9 Å². The summed E-state index contributed by atoms with van der Waals surface area (Å²) in [7, 11) is 0. The molecule has 0 saturated carbocycles. The topological polar surface area (TPSA) is 105 Å². The minimum Gasteiger partial charge on any atom is -0.394 e. The SMILES string of the molecule is O=c1[nH]c(=O)n([C@@H]2C[C@H](O)[C@@H](CO)O2)c2cc(Cl)ccc12. The summed E-state index contributed by atoms with van der Waals surface area (Å²) in [6.07, 6.45) is -2.28. The number of hydrogen-bond donors (Lipinski definition) is 3. The summed E-state index contributed by atoms with van der Waals surface area (Å²) < 4.78 is 6.71. The van der Waals surface area contributed by atoms with Crippen LogP contribution in [0.3, 0.4) is 0 Å². The second-order valence-corrected chi connectivity index (χ2v) is 5.34. The quantitative estimate of drug-likeness (QED) is 0.723. The summed E-state index contributed by atoms with van der Waals surface area (Å²) in [5.41, 5.74) is -0.835. The minimum absolute atomic E-state index is 0.138. The lowest BCUT2D eigenvalue weighted by Gasteiger charge is -2.16. The summed E-state index contributed by atoms with van der Waals surface area (Å²) >= 11 is 5.93. The number of aromatic nitrogens is 2. The van der Waals surface area contributed by atoms with Crippen molar-refractivity contribution in [2.75, 3.05) is 6.61 Å². The Labute approximate surface area is 123 Å². The van der Waals surface area contributed by atoms with Crippen molar-refractivity contribution in [1.82, 2.24) is 9.55 Å². The molecule has 0 bridgehead atoms. The third-order valence-corrected chi connectivity index (χ3v) is 3.81. The van der Waals surface area contributed by atoms with Crippen molar-refractivity contribution in [3.05, 3.63) is 44.1 Å². The molecule has 2 heterocycles. The third-order valence-electron chi connectivity index (χ3n) is 3.58. The third kappa shape index (κ3) is 2.38. The van der Waals surface area contributed by atoms with Gasteiger partial charge in [0, 0.05) is 11.4 Å². The number of hydrogen-bond acceptors (Lipinski definition) is 5. The van der Waals surface area contributed by atoms with Crippen LogP contribution in [0.15, 0.2) is 27.8 Å². The maximum Gasteiger partial charge on any atom is 0.330 e. The van der Waals surface area contributed by atoms with Crippen LogP contribution in [0.1, 0.15) is 12.6 Å². The van der Waals surface area contributed by atoms with Gasteiger partial charge in [0.2, 0.25) is 0 Å². The molecule has 0 spiro atoms. The van der Waals surface area contributed by atoms with Gasteiger partial charge in [-0.05, 0) is 18.2 Å². The molecule has 1 fully saturated rings. The van der Waals surface area contributed by atoms with E-state index in [2.05, 4.69) is 4.98 Å². The van der Waals surface area contributed by atoms with Crippen molar-refractivity contribution >= 4 is 22.5 Å². The molecule has 1 aliphatic rings. The number of ether oxygens (including phenoxy) is 1. The predicted molar refractivity (Wildman–Crippen MR) is 75.5 cm³/mol. The van der Waals surface area contributed by atoms with Crippen molar-refractivity contribution in [2.45, 2.75) is 24.9 Å². The van der Waals surface area contributed by atoms with Crippen molar-refractivity contribution in [3.8, 4) is 0 Å². The Kier molecular flexibility index (Phi) is 3.58. The Bertz CT molecular complexity index is 799. The molecule has 1 aromatic heterocycles. The highest BCUT2D eigenvalue weighted by atomic mass is 35.5. The largest absolute Gasteiger partial charge is 0.394 e. The fourth-order valence-electron chi connectivity index (χ4n) is 2.55. The maximum absolute atomic E-state index is 12.1. The van der Waals surface area contributed by atoms with E-state index in [1.807, 2.05) is 0 Å². The molecule has 8 heteroatoms. The maximum atomic E-state index is 12.1. The van der Waals surface area contributed by atoms with E-state index in [1.54, 1.807) is 6.07 Å². The van der Waals surface area contributed by atoms with Crippen molar-refractivity contribution in [1.29, 1.82) is 0 Å². The molecule has 0 radical (unpaired) electrons. The average Bonchev–Trinajstić information content (AvgIpc) is 2.79. The lowest BCUT2D eigenvalue weighted by atomic mass is 10.2. The lowest BCUT2D eigenvalue weighted by Crippen LogP contribution is -2.33. The first-order chi connectivity index (χ1) is 10.0. The van der Waals surface area contributed by atoms with Crippen LogP contribution >= 0.6 is 11.6 Å². The number of aromatic amines is 1. The van der Waals surface area contributed by atoms with Gasteiger partial charge in [0.1, 0.15) is 12.3 Å². The molecule has 3 atom stereocenters. The fraction of sp³-hybridized carbons (Fsp3) is 0.385. The molecule has 1 saturated heterocycles. The molecule has 3 N–H and O–H groups in total. The monoisotopic (exact) mass is 312 g/mol. The predicted octanol–water partition coefficient (Wildman–Crippen LogP) is -0.0161. The first-order valence-electron chi connectivity index (χ1n) is 6.39. The number of nitrogens with zero attached hydrogens (tertiary/aromatic N) is 1. The molecule has 21 heavy (non-hydrogen) atoms. The van der Waals surface area contributed by atoms with Crippen LogP contribution in [0.25, 0.3) is 10.9 Å². The Morgan fingerprint density at radius 3 is 2.86 bits per heavy atom. The van der Waals surface area contributed by atoms with Gasteiger partial charge in [0.25, 0.3) is 5.56 Å². The molecule has 7 nitrogen and oxygen atoms in total. The Hall–Kier alpha value is -1.67. The van der Waals surface area contributed by atoms with Gasteiger partial charge in [-0.1, -0.05) is 11.6 Å². The van der Waals surface area contributed by atoms with Gasteiger partial charge in [0.05, 0.1) is 23.6 Å². The van der Waals surface area contributed by atoms with Gasteiger partial charge in [-0.15, -0.1) is 0 Å². The highest BCUT2D eigenvalue weighted by Crippen LogP contribution is 2.29. The minimum atomic E-state index is -0.881. The van der Waals surface area contributed by atoms with Crippen molar-refractivity contribution in [2.24, 2.45) is 0 Å². The Balaban J connectivity index is 2.21. The Morgan fingerprint density at radius 2 is 2.19 bits per heavy atom.